The van der Waals surface area contributed by atoms with E-state index in [-0.39, 0.29) is 5.91 Å². The fraction of sp³-hybridized carbons (Fsp3) is 0.611. The van der Waals surface area contributed by atoms with Gasteiger partial charge in [-0.25, -0.2) is 0 Å². The molecule has 0 bridgehead atoms. The SMILES string of the molecule is CCCN1CNC(N(C)C=O)=C1C(=O)N(C)CCCCc1cc(C)no1. The first-order valence-electron chi connectivity index (χ1n) is 9.06. The second kappa shape index (κ2) is 9.26. The number of nitrogens with one attached hydrogen (secondary N) is 1. The van der Waals surface area contributed by atoms with Crippen LogP contribution in [-0.4, -0.2) is 66.0 Å². The zero-order valence-corrected chi connectivity index (χ0v) is 16.1. The molecule has 2 amide bonds. The predicted molar refractivity (Wildman–Crippen MR) is 97.7 cm³/mol. The number of amides is 2. The van der Waals surface area contributed by atoms with Crippen LogP contribution in [0.2, 0.25) is 0 Å². The highest BCUT2D eigenvalue weighted by molar-refractivity contribution is 5.94. The zero-order valence-electron chi connectivity index (χ0n) is 16.1. The van der Waals surface area contributed by atoms with Crippen molar-refractivity contribution >= 4 is 12.3 Å². The average Bonchev–Trinajstić information content (AvgIpc) is 3.23. The van der Waals surface area contributed by atoms with Gasteiger partial charge in [0.1, 0.15) is 17.3 Å². The molecule has 2 heterocycles. The van der Waals surface area contributed by atoms with Gasteiger partial charge in [-0.3, -0.25) is 9.59 Å². The molecule has 0 saturated heterocycles. The lowest BCUT2D eigenvalue weighted by Crippen LogP contribution is -2.36. The van der Waals surface area contributed by atoms with E-state index in [1.807, 2.05) is 17.9 Å². The number of hydrogen-bond donors (Lipinski definition) is 1. The minimum absolute atomic E-state index is 0.0670. The molecule has 26 heavy (non-hydrogen) atoms. The molecule has 1 aliphatic heterocycles. The number of nitrogens with zero attached hydrogens (tertiary/aromatic N) is 4. The van der Waals surface area contributed by atoms with Crippen molar-refractivity contribution in [1.29, 1.82) is 0 Å². The summed E-state index contributed by atoms with van der Waals surface area (Å²) < 4.78 is 5.20. The van der Waals surface area contributed by atoms with Crippen LogP contribution in [-0.2, 0) is 16.0 Å². The first kappa shape index (κ1) is 19.8. The van der Waals surface area contributed by atoms with Crippen molar-refractivity contribution in [3.05, 3.63) is 29.0 Å². The molecule has 1 aliphatic rings. The summed E-state index contributed by atoms with van der Waals surface area (Å²) in [5, 5.41) is 7.03. The fourth-order valence-corrected chi connectivity index (χ4v) is 2.99. The van der Waals surface area contributed by atoms with E-state index in [0.29, 0.717) is 31.1 Å². The molecule has 0 unspecified atom stereocenters. The summed E-state index contributed by atoms with van der Waals surface area (Å²) in [7, 11) is 3.45. The van der Waals surface area contributed by atoms with Gasteiger partial charge in [-0.1, -0.05) is 12.1 Å². The van der Waals surface area contributed by atoms with E-state index in [1.165, 1.54) is 4.90 Å². The smallest absolute Gasteiger partial charge is 0.273 e. The van der Waals surface area contributed by atoms with E-state index in [2.05, 4.69) is 17.4 Å². The highest BCUT2D eigenvalue weighted by atomic mass is 16.5. The van der Waals surface area contributed by atoms with Crippen LogP contribution in [0.5, 0.6) is 0 Å². The Labute approximate surface area is 154 Å². The summed E-state index contributed by atoms with van der Waals surface area (Å²) in [6.45, 7) is 5.93. The van der Waals surface area contributed by atoms with Crippen molar-refractivity contribution < 1.29 is 14.1 Å². The Kier molecular flexibility index (Phi) is 7.06. The van der Waals surface area contributed by atoms with E-state index in [1.54, 1.807) is 19.0 Å². The normalized spacial score (nSPS) is 13.8. The topological polar surface area (TPSA) is 81.9 Å². The molecule has 1 aromatic rings. The van der Waals surface area contributed by atoms with E-state index >= 15 is 0 Å². The second-order valence-corrected chi connectivity index (χ2v) is 6.63. The molecular weight excluding hydrogens is 334 g/mol. The van der Waals surface area contributed by atoms with Gasteiger partial charge in [0.15, 0.2) is 0 Å². The van der Waals surface area contributed by atoms with E-state index in [4.69, 9.17) is 4.52 Å². The highest BCUT2D eigenvalue weighted by Crippen LogP contribution is 2.19. The molecule has 0 saturated carbocycles. The number of hydrogen-bond acceptors (Lipinski definition) is 6. The maximum atomic E-state index is 12.9. The maximum absolute atomic E-state index is 12.9. The van der Waals surface area contributed by atoms with Crippen molar-refractivity contribution in [2.75, 3.05) is 33.9 Å². The standard InChI is InChI=1S/C18H29N5O3/c1-5-9-23-12-19-17(22(4)13-24)16(23)18(25)21(3)10-7-6-8-15-11-14(2)20-26-15/h11,13,19H,5-10,12H2,1-4H3. The average molecular weight is 363 g/mol. The number of carbonyl (C=O) groups excluding carboxylic acids is 2. The van der Waals surface area contributed by atoms with E-state index < -0.39 is 0 Å². The molecule has 0 spiro atoms. The molecule has 0 radical (unpaired) electrons. The lowest BCUT2D eigenvalue weighted by atomic mass is 10.2. The monoisotopic (exact) mass is 363 g/mol. The lowest BCUT2D eigenvalue weighted by molar-refractivity contribution is -0.127. The Balaban J connectivity index is 1.94. The van der Waals surface area contributed by atoms with Gasteiger partial charge in [0.25, 0.3) is 5.91 Å². The number of likely N-dealkylation sites (N-methyl/N-ethyl adjacent to an activating group) is 1. The molecule has 8 nitrogen and oxygen atoms in total. The van der Waals surface area contributed by atoms with Gasteiger partial charge in [-0.2, -0.15) is 0 Å². The summed E-state index contributed by atoms with van der Waals surface area (Å²) in [5.74, 6) is 1.38. The number of carbonyl (C=O) groups is 2. The Hall–Kier alpha value is -2.51. The summed E-state index contributed by atoms with van der Waals surface area (Å²) >= 11 is 0. The molecule has 1 N–H and O–H groups in total. The Bertz CT molecular complexity index is 655. The minimum atomic E-state index is -0.0670. The van der Waals surface area contributed by atoms with Gasteiger partial charge >= 0.3 is 0 Å². The number of rotatable bonds is 10. The van der Waals surface area contributed by atoms with Crippen molar-refractivity contribution in [3.8, 4) is 0 Å². The van der Waals surface area contributed by atoms with Gasteiger partial charge in [-0.05, 0) is 26.2 Å². The first-order valence-corrected chi connectivity index (χ1v) is 9.06. The van der Waals surface area contributed by atoms with Gasteiger partial charge in [0, 0.05) is 39.7 Å². The van der Waals surface area contributed by atoms with E-state index in [0.717, 1.165) is 43.7 Å². The Morgan fingerprint density at radius 1 is 1.42 bits per heavy atom. The summed E-state index contributed by atoms with van der Waals surface area (Å²) in [4.78, 5) is 29.2. The van der Waals surface area contributed by atoms with E-state index in [9.17, 15) is 9.59 Å². The van der Waals surface area contributed by atoms with Crippen LogP contribution in [0, 0.1) is 6.92 Å². The third-order valence-electron chi connectivity index (χ3n) is 4.37. The molecule has 2 rings (SSSR count). The van der Waals surface area contributed by atoms with Gasteiger partial charge < -0.3 is 24.5 Å². The van der Waals surface area contributed by atoms with Gasteiger partial charge in [0.05, 0.1) is 12.4 Å². The van der Waals surface area contributed by atoms with Crippen LogP contribution in [0.4, 0.5) is 0 Å². The largest absolute Gasteiger partial charge is 0.361 e. The third-order valence-corrected chi connectivity index (χ3v) is 4.37. The first-order chi connectivity index (χ1) is 12.5. The molecule has 0 aliphatic carbocycles. The van der Waals surface area contributed by atoms with Crippen LogP contribution in [0.3, 0.4) is 0 Å². The van der Waals surface area contributed by atoms with Crippen molar-refractivity contribution in [3.63, 3.8) is 0 Å². The zero-order chi connectivity index (χ0) is 19.1. The van der Waals surface area contributed by atoms with Crippen LogP contribution < -0.4 is 5.32 Å². The molecule has 0 aromatic carbocycles. The Morgan fingerprint density at radius 3 is 2.81 bits per heavy atom. The van der Waals surface area contributed by atoms with Gasteiger partial charge in [0.2, 0.25) is 6.41 Å². The number of aromatic nitrogens is 1. The lowest BCUT2D eigenvalue weighted by Gasteiger charge is -2.25. The minimum Gasteiger partial charge on any atom is -0.361 e. The molecule has 8 heteroatoms. The van der Waals surface area contributed by atoms with Crippen molar-refractivity contribution in [1.82, 2.24) is 25.2 Å². The third kappa shape index (κ3) is 4.77. The summed E-state index contributed by atoms with van der Waals surface area (Å²) in [5.41, 5.74) is 1.45. The fourth-order valence-electron chi connectivity index (χ4n) is 2.99. The van der Waals surface area contributed by atoms with Crippen LogP contribution in [0.25, 0.3) is 0 Å². The number of aryl methyl sites for hydroxylation is 2. The molecule has 0 atom stereocenters. The molecular formula is C18H29N5O3. The number of unbranched alkanes of at least 4 members (excludes halogenated alkanes) is 1. The van der Waals surface area contributed by atoms with Crippen LogP contribution in [0.1, 0.15) is 37.6 Å². The van der Waals surface area contributed by atoms with Crippen LogP contribution >= 0.6 is 0 Å². The molecule has 144 valence electrons. The second-order valence-electron chi connectivity index (χ2n) is 6.63. The highest BCUT2D eigenvalue weighted by Gasteiger charge is 2.31. The molecule has 0 fully saturated rings. The summed E-state index contributed by atoms with van der Waals surface area (Å²) in [6, 6.07) is 1.94. The Morgan fingerprint density at radius 2 is 2.19 bits per heavy atom. The van der Waals surface area contributed by atoms with Crippen LogP contribution in [0.15, 0.2) is 22.1 Å². The maximum Gasteiger partial charge on any atom is 0.273 e. The van der Waals surface area contributed by atoms with Crippen molar-refractivity contribution in [2.45, 2.75) is 39.5 Å². The quantitative estimate of drug-likeness (QED) is 0.498. The van der Waals surface area contributed by atoms with Crippen molar-refractivity contribution in [2.24, 2.45) is 0 Å². The predicted octanol–water partition coefficient (Wildman–Crippen LogP) is 1.29. The molecule has 1 aromatic heterocycles. The van der Waals surface area contributed by atoms with Gasteiger partial charge in [-0.15, -0.1) is 0 Å². The summed E-state index contributed by atoms with van der Waals surface area (Å²) in [6.07, 6.45) is 4.24.